The summed E-state index contributed by atoms with van der Waals surface area (Å²) in [5.41, 5.74) is 1.19. The topological polar surface area (TPSA) is 0 Å². The van der Waals surface area contributed by atoms with Crippen LogP contribution in [0.25, 0.3) is 0 Å². The van der Waals surface area contributed by atoms with E-state index in [1.807, 2.05) is 12.1 Å². The van der Waals surface area contributed by atoms with Crippen LogP contribution in [0.1, 0.15) is 25.3 Å². The normalized spacial score (nSPS) is 12.8. The zero-order chi connectivity index (χ0) is 9.68. The molecular weight excluding hydrogens is 183 g/mol. The monoisotopic (exact) mass is 198 g/mol. The van der Waals surface area contributed by atoms with Crippen molar-refractivity contribution in [3.63, 3.8) is 0 Å². The molecule has 0 spiro atoms. The molecule has 0 radical (unpaired) electrons. The fraction of sp³-hybridized carbons (Fsp3) is 0.455. The van der Waals surface area contributed by atoms with E-state index >= 15 is 0 Å². The van der Waals surface area contributed by atoms with Gasteiger partial charge in [-0.2, -0.15) is 12.6 Å². The molecule has 0 aliphatic rings. The third-order valence-electron chi connectivity index (χ3n) is 2.15. The van der Waals surface area contributed by atoms with Crippen molar-refractivity contribution in [1.82, 2.24) is 0 Å². The Morgan fingerprint density at radius 2 is 1.92 bits per heavy atom. The predicted octanol–water partition coefficient (Wildman–Crippen LogP) is 3.47. The lowest BCUT2D eigenvalue weighted by Gasteiger charge is -2.06. The predicted molar refractivity (Wildman–Crippen MR) is 57.8 cm³/mol. The molecule has 0 aliphatic carbocycles. The van der Waals surface area contributed by atoms with Crippen LogP contribution < -0.4 is 0 Å². The average Bonchev–Trinajstić information content (AvgIpc) is 2.16. The number of thiol groups is 1. The fourth-order valence-corrected chi connectivity index (χ4v) is 1.32. The summed E-state index contributed by atoms with van der Waals surface area (Å²) in [4.78, 5) is 0. The summed E-state index contributed by atoms with van der Waals surface area (Å²) in [5.74, 6) is -0.165. The van der Waals surface area contributed by atoms with Gasteiger partial charge in [0.15, 0.2) is 0 Å². The van der Waals surface area contributed by atoms with Crippen LogP contribution in [0, 0.1) is 5.82 Å². The maximum Gasteiger partial charge on any atom is 0.123 e. The third kappa shape index (κ3) is 3.81. The number of aryl methyl sites for hydroxylation is 1. The smallest absolute Gasteiger partial charge is 0.123 e. The van der Waals surface area contributed by atoms with Gasteiger partial charge < -0.3 is 0 Å². The maximum absolute atomic E-state index is 12.5. The van der Waals surface area contributed by atoms with Crippen molar-refractivity contribution in [3.05, 3.63) is 35.6 Å². The Bertz CT molecular complexity index is 243. The van der Waals surface area contributed by atoms with Gasteiger partial charge in [0.2, 0.25) is 0 Å². The molecule has 0 aromatic heterocycles. The molecule has 13 heavy (non-hydrogen) atoms. The van der Waals surface area contributed by atoms with E-state index in [9.17, 15) is 4.39 Å². The van der Waals surface area contributed by atoms with Crippen molar-refractivity contribution in [2.24, 2.45) is 0 Å². The van der Waals surface area contributed by atoms with Crippen molar-refractivity contribution < 1.29 is 4.39 Å². The van der Waals surface area contributed by atoms with Crippen molar-refractivity contribution in [2.45, 2.75) is 31.4 Å². The van der Waals surface area contributed by atoms with Gasteiger partial charge in [0.1, 0.15) is 5.82 Å². The first kappa shape index (κ1) is 10.6. The summed E-state index contributed by atoms with van der Waals surface area (Å²) in [6.45, 7) is 2.13. The Hall–Kier alpha value is -0.500. The molecule has 0 amide bonds. The number of hydrogen-bond acceptors (Lipinski definition) is 1. The van der Waals surface area contributed by atoms with Gasteiger partial charge >= 0.3 is 0 Å². The first-order chi connectivity index (χ1) is 6.22. The van der Waals surface area contributed by atoms with Crippen LogP contribution in [-0.4, -0.2) is 5.25 Å². The van der Waals surface area contributed by atoms with Crippen molar-refractivity contribution in [2.75, 3.05) is 0 Å². The van der Waals surface area contributed by atoms with Crippen LogP contribution in [0.15, 0.2) is 24.3 Å². The van der Waals surface area contributed by atoms with Gasteiger partial charge in [0.25, 0.3) is 0 Å². The van der Waals surface area contributed by atoms with Crippen molar-refractivity contribution >= 4 is 12.6 Å². The average molecular weight is 198 g/mol. The third-order valence-corrected chi connectivity index (χ3v) is 2.77. The van der Waals surface area contributed by atoms with Gasteiger partial charge in [-0.1, -0.05) is 19.1 Å². The second-order valence-electron chi connectivity index (χ2n) is 3.23. The summed E-state index contributed by atoms with van der Waals surface area (Å²) in [6.07, 6.45) is 3.14. The SMILES string of the molecule is CCC(S)CCc1ccc(F)cc1. The quantitative estimate of drug-likeness (QED) is 0.704. The van der Waals surface area contributed by atoms with E-state index in [4.69, 9.17) is 0 Å². The summed E-state index contributed by atoms with van der Waals surface area (Å²) in [7, 11) is 0. The van der Waals surface area contributed by atoms with E-state index in [0.29, 0.717) is 5.25 Å². The molecule has 1 aromatic rings. The lowest BCUT2D eigenvalue weighted by molar-refractivity contribution is 0.626. The second-order valence-corrected chi connectivity index (χ2v) is 3.96. The summed E-state index contributed by atoms with van der Waals surface area (Å²) >= 11 is 4.41. The Labute approximate surface area is 84.6 Å². The van der Waals surface area contributed by atoms with Crippen LogP contribution >= 0.6 is 12.6 Å². The molecule has 0 fully saturated rings. The summed E-state index contributed by atoms with van der Waals surface area (Å²) in [5, 5.41) is 0.463. The molecule has 0 nitrogen and oxygen atoms in total. The molecule has 1 rings (SSSR count). The van der Waals surface area contributed by atoms with E-state index in [1.54, 1.807) is 0 Å². The first-order valence-corrected chi connectivity index (χ1v) is 5.16. The zero-order valence-corrected chi connectivity index (χ0v) is 8.73. The molecule has 0 N–H and O–H groups in total. The van der Waals surface area contributed by atoms with E-state index < -0.39 is 0 Å². The molecule has 2 heteroatoms. The highest BCUT2D eigenvalue weighted by molar-refractivity contribution is 7.80. The zero-order valence-electron chi connectivity index (χ0n) is 7.83. The lowest BCUT2D eigenvalue weighted by Crippen LogP contribution is -1.98. The standard InChI is InChI=1S/C11H15FS/c1-2-11(13)8-5-9-3-6-10(12)7-4-9/h3-4,6-7,11,13H,2,5,8H2,1H3. The minimum atomic E-state index is -0.165. The lowest BCUT2D eigenvalue weighted by atomic mass is 10.1. The molecular formula is C11H15FS. The number of benzene rings is 1. The minimum Gasteiger partial charge on any atom is -0.207 e. The Morgan fingerprint density at radius 1 is 1.31 bits per heavy atom. The Morgan fingerprint density at radius 3 is 2.46 bits per heavy atom. The fourth-order valence-electron chi connectivity index (χ4n) is 1.19. The number of hydrogen-bond donors (Lipinski definition) is 1. The Balaban J connectivity index is 2.41. The van der Waals surface area contributed by atoms with Gasteiger partial charge in [-0.25, -0.2) is 4.39 Å². The summed E-state index contributed by atoms with van der Waals surface area (Å²) in [6, 6.07) is 6.70. The van der Waals surface area contributed by atoms with Crippen LogP contribution in [0.5, 0.6) is 0 Å². The second kappa shape index (κ2) is 5.28. The Kier molecular flexibility index (Phi) is 4.29. The molecule has 0 heterocycles. The van der Waals surface area contributed by atoms with Crippen molar-refractivity contribution in [1.29, 1.82) is 0 Å². The molecule has 0 aliphatic heterocycles. The van der Waals surface area contributed by atoms with E-state index in [0.717, 1.165) is 19.3 Å². The van der Waals surface area contributed by atoms with Gasteiger partial charge in [0.05, 0.1) is 0 Å². The molecule has 0 bridgehead atoms. The first-order valence-electron chi connectivity index (χ1n) is 4.65. The van der Waals surface area contributed by atoms with E-state index in [-0.39, 0.29) is 5.82 Å². The molecule has 72 valence electrons. The van der Waals surface area contributed by atoms with E-state index in [2.05, 4.69) is 19.6 Å². The van der Waals surface area contributed by atoms with Crippen LogP contribution in [-0.2, 0) is 6.42 Å². The van der Waals surface area contributed by atoms with Gasteiger partial charge in [0, 0.05) is 5.25 Å². The van der Waals surface area contributed by atoms with Crippen LogP contribution in [0.4, 0.5) is 4.39 Å². The van der Waals surface area contributed by atoms with Crippen LogP contribution in [0.2, 0.25) is 0 Å². The molecule has 0 saturated heterocycles. The highest BCUT2D eigenvalue weighted by atomic mass is 32.1. The number of rotatable bonds is 4. The van der Waals surface area contributed by atoms with Crippen LogP contribution in [0.3, 0.4) is 0 Å². The largest absolute Gasteiger partial charge is 0.207 e. The van der Waals surface area contributed by atoms with Gasteiger partial charge in [-0.15, -0.1) is 0 Å². The highest BCUT2D eigenvalue weighted by Gasteiger charge is 2.00. The maximum atomic E-state index is 12.5. The highest BCUT2D eigenvalue weighted by Crippen LogP contribution is 2.11. The number of halogens is 1. The molecule has 1 unspecified atom stereocenters. The molecule has 1 aromatic carbocycles. The van der Waals surface area contributed by atoms with E-state index in [1.165, 1.54) is 17.7 Å². The summed E-state index contributed by atoms with van der Waals surface area (Å²) < 4.78 is 12.5. The molecule has 1 atom stereocenters. The van der Waals surface area contributed by atoms with Crippen molar-refractivity contribution in [3.8, 4) is 0 Å². The molecule has 0 saturated carbocycles. The van der Waals surface area contributed by atoms with Gasteiger partial charge in [-0.05, 0) is 37.0 Å². The minimum absolute atomic E-state index is 0.165. The van der Waals surface area contributed by atoms with Gasteiger partial charge in [-0.3, -0.25) is 0 Å².